The van der Waals surface area contributed by atoms with Gasteiger partial charge in [0.05, 0.1) is 6.04 Å². The second kappa shape index (κ2) is 5.94. The lowest BCUT2D eigenvalue weighted by Crippen LogP contribution is -2.37. The summed E-state index contributed by atoms with van der Waals surface area (Å²) in [6.07, 6.45) is 6.08. The molecule has 0 radical (unpaired) electrons. The first-order chi connectivity index (χ1) is 9.63. The van der Waals surface area contributed by atoms with Crippen molar-refractivity contribution in [1.29, 1.82) is 0 Å². The summed E-state index contributed by atoms with van der Waals surface area (Å²) in [6, 6.07) is 5.33. The van der Waals surface area contributed by atoms with Crippen LogP contribution in [-0.2, 0) is 11.2 Å². The van der Waals surface area contributed by atoms with Crippen molar-refractivity contribution in [3.8, 4) is 0 Å². The molecule has 20 heavy (non-hydrogen) atoms. The fourth-order valence-corrected chi connectivity index (χ4v) is 3.87. The van der Waals surface area contributed by atoms with Gasteiger partial charge in [-0.3, -0.25) is 4.79 Å². The quantitative estimate of drug-likeness (QED) is 0.911. The van der Waals surface area contributed by atoms with Crippen molar-refractivity contribution in [2.45, 2.75) is 50.6 Å². The summed E-state index contributed by atoms with van der Waals surface area (Å²) in [4.78, 5) is 12.4. The number of rotatable bonds is 3. The highest BCUT2D eigenvalue weighted by Crippen LogP contribution is 2.33. The predicted molar refractivity (Wildman–Crippen MR) is 80.1 cm³/mol. The van der Waals surface area contributed by atoms with E-state index in [4.69, 9.17) is 0 Å². The van der Waals surface area contributed by atoms with E-state index in [1.165, 1.54) is 31.7 Å². The van der Waals surface area contributed by atoms with Crippen LogP contribution in [0.5, 0.6) is 0 Å². The van der Waals surface area contributed by atoms with Crippen LogP contribution in [0.4, 0.5) is 4.39 Å². The number of halogens is 2. The van der Waals surface area contributed by atoms with E-state index in [-0.39, 0.29) is 24.1 Å². The molecule has 1 saturated heterocycles. The Kier molecular flexibility index (Phi) is 4.22. The van der Waals surface area contributed by atoms with Gasteiger partial charge in [-0.2, -0.15) is 0 Å². The van der Waals surface area contributed by atoms with Gasteiger partial charge in [0.15, 0.2) is 5.78 Å². The smallest absolute Gasteiger partial charge is 0.154 e. The van der Waals surface area contributed by atoms with Crippen molar-refractivity contribution in [2.24, 2.45) is 5.92 Å². The van der Waals surface area contributed by atoms with Crippen molar-refractivity contribution in [1.82, 2.24) is 5.32 Å². The molecule has 1 heterocycles. The second-order valence-corrected chi connectivity index (χ2v) is 6.90. The molecule has 3 unspecified atom stereocenters. The van der Waals surface area contributed by atoms with Crippen LogP contribution in [-0.4, -0.2) is 17.9 Å². The number of Topliss-reactive ketones (excluding diaryl/α,β-unsaturated/α-hetero) is 1. The highest BCUT2D eigenvalue weighted by molar-refractivity contribution is 9.10. The van der Waals surface area contributed by atoms with Crippen molar-refractivity contribution in [3.63, 3.8) is 0 Å². The van der Waals surface area contributed by atoms with Gasteiger partial charge in [-0.15, -0.1) is 0 Å². The first kappa shape index (κ1) is 14.2. The first-order valence-electron chi connectivity index (χ1n) is 7.36. The molecule has 2 nitrogen and oxygen atoms in total. The molecule has 1 saturated carbocycles. The van der Waals surface area contributed by atoms with Crippen LogP contribution in [0.1, 0.15) is 37.7 Å². The van der Waals surface area contributed by atoms with Gasteiger partial charge >= 0.3 is 0 Å². The van der Waals surface area contributed by atoms with Crippen molar-refractivity contribution in [2.75, 3.05) is 0 Å². The summed E-state index contributed by atoms with van der Waals surface area (Å²) < 4.78 is 14.5. The zero-order chi connectivity index (χ0) is 14.1. The molecule has 1 aromatic rings. The van der Waals surface area contributed by atoms with E-state index in [1.807, 2.05) is 0 Å². The molecule has 2 fully saturated rings. The third-order valence-corrected chi connectivity index (χ3v) is 5.12. The lowest BCUT2D eigenvalue weighted by molar-refractivity contribution is -0.120. The maximum absolute atomic E-state index is 13.8. The molecule has 3 rings (SSSR count). The zero-order valence-corrected chi connectivity index (χ0v) is 13.0. The Hall–Kier alpha value is -0.740. The summed E-state index contributed by atoms with van der Waals surface area (Å²) in [6.45, 7) is 0. The van der Waals surface area contributed by atoms with Crippen LogP contribution in [0.3, 0.4) is 0 Å². The topological polar surface area (TPSA) is 29.1 Å². The van der Waals surface area contributed by atoms with Crippen LogP contribution in [0, 0.1) is 11.7 Å². The van der Waals surface area contributed by atoms with Crippen LogP contribution in [0.15, 0.2) is 22.7 Å². The Morgan fingerprint density at radius 1 is 1.35 bits per heavy atom. The standard InChI is InChI=1S/C16H19BrFNO/c17-12-6-5-10(13(18)9-12)8-16(20)15-7-11-3-1-2-4-14(11)19-15/h5-6,9,11,14-15,19H,1-4,7-8H2. The van der Waals surface area contributed by atoms with E-state index in [1.54, 1.807) is 12.1 Å². The molecule has 0 bridgehead atoms. The van der Waals surface area contributed by atoms with E-state index in [2.05, 4.69) is 21.2 Å². The van der Waals surface area contributed by atoms with E-state index >= 15 is 0 Å². The van der Waals surface area contributed by atoms with Gasteiger partial charge in [-0.1, -0.05) is 34.8 Å². The highest BCUT2D eigenvalue weighted by atomic mass is 79.9. The lowest BCUT2D eigenvalue weighted by Gasteiger charge is -2.24. The Morgan fingerprint density at radius 2 is 2.15 bits per heavy atom. The SMILES string of the molecule is O=C(Cc1ccc(Br)cc1F)C1CC2CCCCC2N1. The molecular weight excluding hydrogens is 321 g/mol. The molecule has 0 spiro atoms. The molecule has 108 valence electrons. The number of hydrogen-bond acceptors (Lipinski definition) is 2. The van der Waals surface area contributed by atoms with E-state index in [9.17, 15) is 9.18 Å². The summed E-state index contributed by atoms with van der Waals surface area (Å²) in [5, 5.41) is 3.46. The fourth-order valence-electron chi connectivity index (χ4n) is 3.54. The molecule has 1 aliphatic heterocycles. The third kappa shape index (κ3) is 2.96. The monoisotopic (exact) mass is 339 g/mol. The first-order valence-corrected chi connectivity index (χ1v) is 8.15. The van der Waals surface area contributed by atoms with Crippen molar-refractivity contribution < 1.29 is 9.18 Å². The van der Waals surface area contributed by atoms with Crippen molar-refractivity contribution >= 4 is 21.7 Å². The van der Waals surface area contributed by atoms with Gasteiger partial charge in [0.25, 0.3) is 0 Å². The summed E-state index contributed by atoms with van der Waals surface area (Å²) in [7, 11) is 0. The van der Waals surface area contributed by atoms with Gasteiger partial charge < -0.3 is 5.32 Å². The normalized spacial score (nSPS) is 29.2. The number of carbonyl (C=O) groups is 1. The molecule has 1 aromatic carbocycles. The molecule has 0 aromatic heterocycles. The van der Waals surface area contributed by atoms with E-state index < -0.39 is 0 Å². The summed E-state index contributed by atoms with van der Waals surface area (Å²) in [5.41, 5.74) is 0.495. The maximum Gasteiger partial charge on any atom is 0.154 e. The van der Waals surface area contributed by atoms with Crippen molar-refractivity contribution in [3.05, 3.63) is 34.1 Å². The number of ketones is 1. The zero-order valence-electron chi connectivity index (χ0n) is 11.4. The largest absolute Gasteiger partial charge is 0.304 e. The van der Waals surface area contributed by atoms with Gasteiger partial charge in [0, 0.05) is 16.9 Å². The number of fused-ring (bicyclic) bond motifs is 1. The Balaban J connectivity index is 1.65. The highest BCUT2D eigenvalue weighted by Gasteiger charge is 2.37. The number of hydrogen-bond donors (Lipinski definition) is 1. The van der Waals surface area contributed by atoms with E-state index in [0.717, 1.165) is 6.42 Å². The third-order valence-electron chi connectivity index (χ3n) is 4.63. The molecular formula is C16H19BrFNO. The number of carbonyl (C=O) groups excluding carboxylic acids is 1. The Bertz CT molecular complexity index is 505. The summed E-state index contributed by atoms with van der Waals surface area (Å²) in [5.74, 6) is 0.469. The summed E-state index contributed by atoms with van der Waals surface area (Å²) >= 11 is 3.23. The van der Waals surface area contributed by atoms with Gasteiger partial charge in [-0.25, -0.2) is 4.39 Å². The molecule has 0 amide bonds. The predicted octanol–water partition coefficient (Wildman–Crippen LogP) is 3.62. The minimum atomic E-state index is -0.303. The van der Waals surface area contributed by atoms with E-state index in [0.29, 0.717) is 22.0 Å². The molecule has 1 N–H and O–H groups in total. The minimum Gasteiger partial charge on any atom is -0.304 e. The Morgan fingerprint density at radius 3 is 2.90 bits per heavy atom. The van der Waals surface area contributed by atoms with Crippen LogP contribution in [0.25, 0.3) is 0 Å². The van der Waals surface area contributed by atoms with Crippen LogP contribution < -0.4 is 5.32 Å². The molecule has 1 aliphatic carbocycles. The molecule has 4 heteroatoms. The second-order valence-electron chi connectivity index (χ2n) is 5.98. The average molecular weight is 340 g/mol. The fraction of sp³-hybridized carbons (Fsp3) is 0.562. The minimum absolute atomic E-state index is 0.0776. The van der Waals surface area contributed by atoms with Crippen LogP contribution >= 0.6 is 15.9 Å². The number of nitrogens with one attached hydrogen (secondary N) is 1. The Labute approximate surface area is 127 Å². The maximum atomic E-state index is 13.8. The lowest BCUT2D eigenvalue weighted by atomic mass is 9.84. The average Bonchev–Trinajstić information content (AvgIpc) is 2.86. The van der Waals surface area contributed by atoms with Gasteiger partial charge in [-0.05, 0) is 42.9 Å². The molecule has 2 aliphatic rings. The van der Waals surface area contributed by atoms with Gasteiger partial charge in [0.2, 0.25) is 0 Å². The number of benzene rings is 1. The van der Waals surface area contributed by atoms with Crippen LogP contribution in [0.2, 0.25) is 0 Å². The van der Waals surface area contributed by atoms with Gasteiger partial charge in [0.1, 0.15) is 5.82 Å². The molecule has 3 atom stereocenters.